The van der Waals surface area contributed by atoms with Gasteiger partial charge in [0.15, 0.2) is 0 Å². The van der Waals surface area contributed by atoms with E-state index < -0.39 is 0 Å². The Hall–Kier alpha value is -0.940. The lowest BCUT2D eigenvalue weighted by Crippen LogP contribution is -2.37. The van der Waals surface area contributed by atoms with Crippen LogP contribution in [0, 0.1) is 0 Å². The second-order valence-corrected chi connectivity index (χ2v) is 4.56. The quantitative estimate of drug-likeness (QED) is 0.826. The van der Waals surface area contributed by atoms with Crippen molar-refractivity contribution in [1.82, 2.24) is 15.2 Å². The molecule has 0 aliphatic carbocycles. The molecular weight excluding hydrogens is 210 g/mol. The van der Waals surface area contributed by atoms with Crippen LogP contribution in [0.5, 0.6) is 0 Å². The third kappa shape index (κ3) is 2.35. The smallest absolute Gasteiger partial charge is 0.240 e. The SMILES string of the molecule is CCNC1CCN(Cc2nccs2)C1=O. The number of nitrogens with one attached hydrogen (secondary N) is 1. The van der Waals surface area contributed by atoms with Crippen molar-refractivity contribution in [3.63, 3.8) is 0 Å². The summed E-state index contributed by atoms with van der Waals surface area (Å²) in [6.45, 7) is 4.38. The molecule has 1 N–H and O–H groups in total. The number of nitrogens with zero attached hydrogens (tertiary/aromatic N) is 2. The lowest BCUT2D eigenvalue weighted by molar-refractivity contribution is -0.129. The van der Waals surface area contributed by atoms with Gasteiger partial charge in [-0.2, -0.15) is 0 Å². The number of thiazole rings is 1. The number of aromatic nitrogens is 1. The summed E-state index contributed by atoms with van der Waals surface area (Å²) in [5, 5.41) is 6.15. The molecule has 1 aromatic heterocycles. The van der Waals surface area contributed by atoms with Crippen molar-refractivity contribution in [2.45, 2.75) is 25.9 Å². The fourth-order valence-corrected chi connectivity index (χ4v) is 2.46. The summed E-state index contributed by atoms with van der Waals surface area (Å²) >= 11 is 1.60. The predicted octanol–water partition coefficient (Wildman–Crippen LogP) is 0.853. The summed E-state index contributed by atoms with van der Waals surface area (Å²) < 4.78 is 0. The Morgan fingerprint density at radius 2 is 2.60 bits per heavy atom. The summed E-state index contributed by atoms with van der Waals surface area (Å²) in [5.74, 6) is 0.215. The van der Waals surface area contributed by atoms with Gasteiger partial charge in [-0.15, -0.1) is 11.3 Å². The van der Waals surface area contributed by atoms with E-state index in [1.54, 1.807) is 17.5 Å². The van der Waals surface area contributed by atoms with E-state index in [0.29, 0.717) is 6.54 Å². The monoisotopic (exact) mass is 225 g/mol. The number of likely N-dealkylation sites (N-methyl/N-ethyl adjacent to an activating group) is 1. The van der Waals surface area contributed by atoms with E-state index in [0.717, 1.165) is 24.5 Å². The van der Waals surface area contributed by atoms with E-state index in [2.05, 4.69) is 10.3 Å². The number of rotatable bonds is 4. The molecule has 1 aromatic rings. The highest BCUT2D eigenvalue weighted by Gasteiger charge is 2.30. The molecule has 0 aromatic carbocycles. The van der Waals surface area contributed by atoms with Crippen molar-refractivity contribution >= 4 is 17.2 Å². The number of carbonyl (C=O) groups is 1. The van der Waals surface area contributed by atoms with Gasteiger partial charge in [-0.1, -0.05) is 6.92 Å². The van der Waals surface area contributed by atoms with Gasteiger partial charge in [-0.05, 0) is 13.0 Å². The van der Waals surface area contributed by atoms with E-state index in [1.807, 2.05) is 17.2 Å². The molecule has 2 rings (SSSR count). The molecule has 0 bridgehead atoms. The van der Waals surface area contributed by atoms with Crippen LogP contribution >= 0.6 is 11.3 Å². The highest BCUT2D eigenvalue weighted by atomic mass is 32.1. The van der Waals surface area contributed by atoms with Crippen molar-refractivity contribution in [1.29, 1.82) is 0 Å². The van der Waals surface area contributed by atoms with Gasteiger partial charge < -0.3 is 10.2 Å². The molecule has 0 saturated carbocycles. The molecule has 1 atom stereocenters. The first-order valence-corrected chi connectivity index (χ1v) is 6.09. The van der Waals surface area contributed by atoms with E-state index >= 15 is 0 Å². The van der Waals surface area contributed by atoms with Gasteiger partial charge in [0, 0.05) is 18.1 Å². The molecule has 0 spiro atoms. The number of amides is 1. The molecule has 2 heterocycles. The Morgan fingerprint density at radius 1 is 1.73 bits per heavy atom. The lowest BCUT2D eigenvalue weighted by atomic mass is 10.2. The van der Waals surface area contributed by atoms with Crippen LogP contribution in [0.3, 0.4) is 0 Å². The van der Waals surface area contributed by atoms with Gasteiger partial charge in [0.05, 0.1) is 12.6 Å². The average Bonchev–Trinajstić information content (AvgIpc) is 2.83. The van der Waals surface area contributed by atoms with Crippen LogP contribution in [0.15, 0.2) is 11.6 Å². The van der Waals surface area contributed by atoms with Crippen LogP contribution in [0.1, 0.15) is 18.4 Å². The zero-order valence-corrected chi connectivity index (χ0v) is 9.59. The van der Waals surface area contributed by atoms with E-state index in [4.69, 9.17) is 0 Å². The Morgan fingerprint density at radius 3 is 3.27 bits per heavy atom. The molecule has 1 unspecified atom stereocenters. The van der Waals surface area contributed by atoms with Crippen molar-refractivity contribution in [3.8, 4) is 0 Å². The van der Waals surface area contributed by atoms with Crippen molar-refractivity contribution in [2.75, 3.05) is 13.1 Å². The number of hydrogen-bond acceptors (Lipinski definition) is 4. The van der Waals surface area contributed by atoms with Crippen molar-refractivity contribution in [2.24, 2.45) is 0 Å². The largest absolute Gasteiger partial charge is 0.335 e. The van der Waals surface area contributed by atoms with Crippen molar-refractivity contribution < 1.29 is 4.79 Å². The summed E-state index contributed by atoms with van der Waals surface area (Å²) in [6.07, 6.45) is 2.69. The first kappa shape index (κ1) is 10.6. The molecule has 15 heavy (non-hydrogen) atoms. The zero-order chi connectivity index (χ0) is 10.7. The summed E-state index contributed by atoms with van der Waals surface area (Å²) in [6, 6.07) is 0.0231. The minimum atomic E-state index is 0.0231. The first-order chi connectivity index (χ1) is 7.31. The molecule has 4 nitrogen and oxygen atoms in total. The Kier molecular flexibility index (Phi) is 3.33. The second kappa shape index (κ2) is 4.72. The minimum Gasteiger partial charge on any atom is -0.335 e. The van der Waals surface area contributed by atoms with Gasteiger partial charge in [-0.3, -0.25) is 4.79 Å². The van der Waals surface area contributed by atoms with Crippen LogP contribution in [0.2, 0.25) is 0 Å². The van der Waals surface area contributed by atoms with Crippen LogP contribution in [-0.2, 0) is 11.3 Å². The normalized spacial score (nSPS) is 21.3. The maximum atomic E-state index is 11.9. The van der Waals surface area contributed by atoms with Gasteiger partial charge >= 0.3 is 0 Å². The molecule has 5 heteroatoms. The third-order valence-electron chi connectivity index (χ3n) is 2.56. The van der Waals surface area contributed by atoms with E-state index in [1.165, 1.54) is 0 Å². The molecule has 82 valence electrons. The molecule has 1 aliphatic rings. The van der Waals surface area contributed by atoms with Gasteiger partial charge in [0.2, 0.25) is 5.91 Å². The second-order valence-electron chi connectivity index (χ2n) is 3.58. The van der Waals surface area contributed by atoms with Gasteiger partial charge in [0.1, 0.15) is 5.01 Å². The molecule has 0 radical (unpaired) electrons. The van der Waals surface area contributed by atoms with Crippen molar-refractivity contribution in [3.05, 3.63) is 16.6 Å². The lowest BCUT2D eigenvalue weighted by Gasteiger charge is -2.15. The average molecular weight is 225 g/mol. The van der Waals surface area contributed by atoms with E-state index in [9.17, 15) is 4.79 Å². The standard InChI is InChI=1S/C10H15N3OS/c1-2-11-8-3-5-13(10(8)14)7-9-12-4-6-15-9/h4,6,8,11H,2-3,5,7H2,1H3. The summed E-state index contributed by atoms with van der Waals surface area (Å²) in [5.41, 5.74) is 0. The van der Waals surface area contributed by atoms with Crippen LogP contribution < -0.4 is 5.32 Å². The highest BCUT2D eigenvalue weighted by Crippen LogP contribution is 2.16. The van der Waals surface area contributed by atoms with Crippen LogP contribution in [0.25, 0.3) is 0 Å². The maximum Gasteiger partial charge on any atom is 0.240 e. The highest BCUT2D eigenvalue weighted by molar-refractivity contribution is 7.09. The summed E-state index contributed by atoms with van der Waals surface area (Å²) in [4.78, 5) is 17.9. The maximum absolute atomic E-state index is 11.9. The number of likely N-dealkylation sites (tertiary alicyclic amines) is 1. The van der Waals surface area contributed by atoms with Gasteiger partial charge in [-0.25, -0.2) is 4.98 Å². The molecule has 1 amide bonds. The number of hydrogen-bond donors (Lipinski definition) is 1. The van der Waals surface area contributed by atoms with Crippen LogP contribution in [-0.4, -0.2) is 34.9 Å². The van der Waals surface area contributed by atoms with Gasteiger partial charge in [0.25, 0.3) is 0 Å². The Labute approximate surface area is 93.3 Å². The Balaban J connectivity index is 1.93. The predicted molar refractivity (Wildman–Crippen MR) is 59.6 cm³/mol. The molecule has 1 aliphatic heterocycles. The third-order valence-corrected chi connectivity index (χ3v) is 3.32. The van der Waals surface area contributed by atoms with Crippen LogP contribution in [0.4, 0.5) is 0 Å². The summed E-state index contributed by atoms with van der Waals surface area (Å²) in [7, 11) is 0. The molecule has 1 saturated heterocycles. The minimum absolute atomic E-state index is 0.0231. The molecular formula is C10H15N3OS. The van der Waals surface area contributed by atoms with E-state index in [-0.39, 0.29) is 11.9 Å². The topological polar surface area (TPSA) is 45.2 Å². The number of carbonyl (C=O) groups excluding carboxylic acids is 1. The first-order valence-electron chi connectivity index (χ1n) is 5.21. The Bertz CT molecular complexity index is 325. The zero-order valence-electron chi connectivity index (χ0n) is 8.77. The fourth-order valence-electron chi connectivity index (χ4n) is 1.83. The molecule has 1 fully saturated rings. The fraction of sp³-hybridized carbons (Fsp3) is 0.600.